The molecule has 0 saturated carbocycles. The first-order valence-corrected chi connectivity index (χ1v) is 22.8. The zero-order valence-corrected chi connectivity index (χ0v) is 38.8. The molecule has 3 aromatic carbocycles. The Morgan fingerprint density at radius 2 is 1.69 bits per heavy atom. The number of rotatable bonds is 15. The molecule has 7 rings (SSSR count). The van der Waals surface area contributed by atoms with E-state index in [0.29, 0.717) is 25.0 Å². The van der Waals surface area contributed by atoms with Crippen LogP contribution < -0.4 is 16.0 Å². The van der Waals surface area contributed by atoms with E-state index in [0.717, 1.165) is 72.7 Å². The standard InChI is InChI=1S/C50H59FN8O4S/c1-29-21-33(22-30(2)43(29)44-45(58(8)27-54-44)39-18-20-53-40-23-36(51)16-17-38(39)40)25-52-19-10-9-11-42(61)57-47(50(5,6)7)49(63)59-26-37(60)24-41(59)48(62)56-31(3)34-12-14-35(15-13-34)46-32(4)55-28-64-46/h12-18,20-23,27-28,31,37,41,47,52,60H,9-11,19,24-26H2,1-8H3,(H,56,62)(H,57,61)/t31-,37+,41-,47+/m0/s1. The first kappa shape index (κ1) is 46.2. The zero-order chi connectivity index (χ0) is 45.9. The Bertz CT molecular complexity index is 2630. The Hall–Kier alpha value is -5.83. The average Bonchev–Trinajstić information content (AvgIpc) is 3.97. The Labute approximate surface area is 378 Å². The van der Waals surface area contributed by atoms with Crippen molar-refractivity contribution in [3.63, 3.8) is 0 Å². The van der Waals surface area contributed by atoms with E-state index in [2.05, 4.69) is 51.9 Å². The van der Waals surface area contributed by atoms with Gasteiger partial charge in [0.1, 0.15) is 17.9 Å². The van der Waals surface area contributed by atoms with Gasteiger partial charge in [0.2, 0.25) is 17.7 Å². The number of nitrogens with zero attached hydrogens (tertiary/aromatic N) is 5. The lowest BCUT2D eigenvalue weighted by Gasteiger charge is -2.35. The normalized spacial score (nSPS) is 16.2. The van der Waals surface area contributed by atoms with Crippen molar-refractivity contribution in [2.45, 2.75) is 105 Å². The van der Waals surface area contributed by atoms with E-state index < -0.39 is 23.6 Å². The Morgan fingerprint density at radius 1 is 0.953 bits per heavy atom. The van der Waals surface area contributed by atoms with Crippen LogP contribution in [0.5, 0.6) is 0 Å². The number of hydrogen-bond acceptors (Lipinski definition) is 9. The summed E-state index contributed by atoms with van der Waals surface area (Å²) in [5, 5.41) is 21.1. The molecule has 1 aliphatic rings. The monoisotopic (exact) mass is 886 g/mol. The number of imidazole rings is 1. The molecule has 1 aliphatic heterocycles. The molecule has 336 valence electrons. The Kier molecular flexibility index (Phi) is 14.1. The minimum absolute atomic E-state index is 0.0144. The number of aliphatic hydroxyl groups is 1. The van der Waals surface area contributed by atoms with Crippen LogP contribution in [0.15, 0.2) is 78.7 Å². The van der Waals surface area contributed by atoms with Crippen molar-refractivity contribution >= 4 is 40.0 Å². The number of hydrogen-bond donors (Lipinski definition) is 4. The third kappa shape index (κ3) is 10.2. The summed E-state index contributed by atoms with van der Waals surface area (Å²) >= 11 is 1.58. The van der Waals surface area contributed by atoms with E-state index in [1.54, 1.807) is 29.9 Å². The minimum atomic E-state index is -0.885. The van der Waals surface area contributed by atoms with Gasteiger partial charge in [0.15, 0.2) is 0 Å². The van der Waals surface area contributed by atoms with Gasteiger partial charge in [0.05, 0.1) is 51.5 Å². The van der Waals surface area contributed by atoms with Gasteiger partial charge in [-0.2, -0.15) is 0 Å². The number of amides is 3. The van der Waals surface area contributed by atoms with E-state index in [4.69, 9.17) is 4.98 Å². The van der Waals surface area contributed by atoms with Gasteiger partial charge in [0.25, 0.3) is 0 Å². The molecule has 4 atom stereocenters. The third-order valence-corrected chi connectivity index (χ3v) is 13.1. The number of halogens is 1. The number of aryl methyl sites for hydroxylation is 4. The predicted molar refractivity (Wildman–Crippen MR) is 251 cm³/mol. The Balaban J connectivity index is 0.905. The number of likely N-dealkylation sites (tertiary alicyclic amines) is 1. The van der Waals surface area contributed by atoms with Crippen molar-refractivity contribution in [2.24, 2.45) is 12.5 Å². The number of β-amino-alcohol motifs (C(OH)–C–C–N with tert-alkyl or cyclic N) is 1. The number of nitrogens with one attached hydrogen (secondary N) is 3. The molecule has 0 spiro atoms. The Morgan fingerprint density at radius 3 is 2.38 bits per heavy atom. The molecular formula is C50H59FN8O4S. The molecule has 3 aromatic heterocycles. The second-order valence-corrected chi connectivity index (χ2v) is 19.0. The van der Waals surface area contributed by atoms with Gasteiger partial charge in [-0.05, 0) is 98.5 Å². The van der Waals surface area contributed by atoms with Gasteiger partial charge in [0, 0.05) is 61.8 Å². The van der Waals surface area contributed by atoms with Crippen LogP contribution in [0.2, 0.25) is 0 Å². The number of benzene rings is 3. The van der Waals surface area contributed by atoms with Crippen LogP contribution in [0.3, 0.4) is 0 Å². The first-order chi connectivity index (χ1) is 30.5. The van der Waals surface area contributed by atoms with Crippen LogP contribution in [-0.2, 0) is 28.0 Å². The number of carbonyl (C=O) groups excluding carboxylic acids is 3. The summed E-state index contributed by atoms with van der Waals surface area (Å²) in [6.45, 7) is 15.1. The van der Waals surface area contributed by atoms with Crippen LogP contribution in [0.4, 0.5) is 4.39 Å². The maximum absolute atomic E-state index is 14.1. The lowest BCUT2D eigenvalue weighted by atomic mass is 9.85. The summed E-state index contributed by atoms with van der Waals surface area (Å²) in [5.74, 6) is -1.28. The molecule has 1 saturated heterocycles. The minimum Gasteiger partial charge on any atom is -0.391 e. The smallest absolute Gasteiger partial charge is 0.246 e. The second kappa shape index (κ2) is 19.5. The molecule has 0 aliphatic carbocycles. The van der Waals surface area contributed by atoms with Gasteiger partial charge < -0.3 is 30.5 Å². The van der Waals surface area contributed by atoms with E-state index in [1.807, 2.05) is 82.1 Å². The van der Waals surface area contributed by atoms with Crippen molar-refractivity contribution in [2.75, 3.05) is 13.1 Å². The van der Waals surface area contributed by atoms with Crippen molar-refractivity contribution in [3.05, 3.63) is 112 Å². The number of thiazole rings is 1. The van der Waals surface area contributed by atoms with Crippen molar-refractivity contribution in [1.82, 2.24) is 40.4 Å². The van der Waals surface area contributed by atoms with Crippen LogP contribution in [0, 0.1) is 32.0 Å². The lowest BCUT2D eigenvalue weighted by molar-refractivity contribution is -0.144. The molecule has 0 unspecified atom stereocenters. The molecule has 14 heteroatoms. The molecule has 64 heavy (non-hydrogen) atoms. The summed E-state index contributed by atoms with van der Waals surface area (Å²) in [6, 6.07) is 16.9. The number of aliphatic hydroxyl groups excluding tert-OH is 1. The van der Waals surface area contributed by atoms with Crippen LogP contribution in [0.25, 0.3) is 43.9 Å². The van der Waals surface area contributed by atoms with Gasteiger partial charge in [-0.15, -0.1) is 11.3 Å². The highest BCUT2D eigenvalue weighted by atomic mass is 32.1. The SMILES string of the molecule is Cc1cc(CNCCCCC(=O)N[C@H](C(=O)N2C[C@H](O)C[C@H]2C(=O)N[C@@H](C)c2ccc(-c3scnc3C)cc2)C(C)(C)C)cc(C)c1-c1ncn(C)c1-c1ccnc2cc(F)ccc12. The van der Waals surface area contributed by atoms with Gasteiger partial charge in [-0.3, -0.25) is 19.4 Å². The molecule has 4 heterocycles. The predicted octanol–water partition coefficient (Wildman–Crippen LogP) is 8.12. The topological polar surface area (TPSA) is 154 Å². The number of aromatic nitrogens is 4. The van der Waals surface area contributed by atoms with Crippen molar-refractivity contribution < 1.29 is 23.9 Å². The number of fused-ring (bicyclic) bond motifs is 1. The fourth-order valence-corrected chi connectivity index (χ4v) is 9.62. The fourth-order valence-electron chi connectivity index (χ4n) is 8.80. The van der Waals surface area contributed by atoms with E-state index in [-0.39, 0.29) is 49.0 Å². The summed E-state index contributed by atoms with van der Waals surface area (Å²) < 4.78 is 16.0. The molecule has 0 bridgehead atoms. The van der Waals surface area contributed by atoms with E-state index in [1.165, 1.54) is 17.0 Å². The maximum atomic E-state index is 14.1. The highest BCUT2D eigenvalue weighted by Crippen LogP contribution is 2.38. The first-order valence-electron chi connectivity index (χ1n) is 22.0. The zero-order valence-electron chi connectivity index (χ0n) is 38.0. The van der Waals surface area contributed by atoms with Crippen LogP contribution in [-0.4, -0.2) is 78.5 Å². The van der Waals surface area contributed by atoms with Gasteiger partial charge in [-0.1, -0.05) is 57.2 Å². The largest absolute Gasteiger partial charge is 0.391 e. The summed E-state index contributed by atoms with van der Waals surface area (Å²) in [5.41, 5.74) is 11.8. The average molecular weight is 887 g/mol. The van der Waals surface area contributed by atoms with E-state index >= 15 is 0 Å². The summed E-state index contributed by atoms with van der Waals surface area (Å²) in [4.78, 5) is 57.2. The fraction of sp³-hybridized carbons (Fsp3) is 0.400. The molecule has 1 fully saturated rings. The summed E-state index contributed by atoms with van der Waals surface area (Å²) in [7, 11) is 1.96. The third-order valence-electron chi connectivity index (χ3n) is 12.1. The number of unbranched alkanes of at least 4 members (excludes halogenated alkanes) is 1. The highest BCUT2D eigenvalue weighted by Gasteiger charge is 2.44. The highest BCUT2D eigenvalue weighted by molar-refractivity contribution is 7.13. The summed E-state index contributed by atoms with van der Waals surface area (Å²) in [6.07, 6.45) is 4.39. The molecule has 6 aromatic rings. The molecule has 0 radical (unpaired) electrons. The molecule has 4 N–H and O–H groups in total. The van der Waals surface area contributed by atoms with Crippen molar-refractivity contribution in [3.8, 4) is 33.0 Å². The number of carbonyl (C=O) groups is 3. The lowest BCUT2D eigenvalue weighted by Crippen LogP contribution is -2.57. The van der Waals surface area contributed by atoms with Crippen molar-refractivity contribution in [1.29, 1.82) is 0 Å². The second-order valence-electron chi connectivity index (χ2n) is 18.2. The molecule has 12 nitrogen and oxygen atoms in total. The molecule has 3 amide bonds. The van der Waals surface area contributed by atoms with Crippen LogP contribution in [0.1, 0.15) is 87.4 Å². The molecular weight excluding hydrogens is 828 g/mol. The number of pyridine rings is 1. The van der Waals surface area contributed by atoms with Gasteiger partial charge in [-0.25, -0.2) is 14.4 Å². The van der Waals surface area contributed by atoms with E-state index in [9.17, 15) is 23.9 Å². The van der Waals surface area contributed by atoms with Gasteiger partial charge >= 0.3 is 0 Å². The maximum Gasteiger partial charge on any atom is 0.246 e. The van der Waals surface area contributed by atoms with Crippen LogP contribution >= 0.6 is 11.3 Å². The quantitative estimate of drug-likeness (QED) is 0.0755.